The number of anilines is 1. The van der Waals surface area contributed by atoms with Crippen molar-refractivity contribution >= 4 is 16.6 Å². The van der Waals surface area contributed by atoms with E-state index in [0.29, 0.717) is 26.4 Å². The fraction of sp³-hybridized carbons (Fsp3) is 0.429. The molecule has 100 valence electrons. The number of ether oxygens (including phenoxy) is 2. The molecule has 1 atom stereocenters. The summed E-state index contributed by atoms with van der Waals surface area (Å²) in [6.45, 7) is 4.62. The Labute approximate surface area is 111 Å². The van der Waals surface area contributed by atoms with Crippen molar-refractivity contribution in [3.05, 3.63) is 30.0 Å². The first-order valence-electron chi connectivity index (χ1n) is 6.50. The molecule has 0 amide bonds. The fourth-order valence-corrected chi connectivity index (χ4v) is 2.23. The van der Waals surface area contributed by atoms with E-state index in [-0.39, 0.29) is 6.10 Å². The Morgan fingerprint density at radius 1 is 1.21 bits per heavy atom. The van der Waals surface area contributed by atoms with Crippen LogP contribution in [-0.2, 0) is 9.47 Å². The SMILES string of the molecule is Cc1nnc(NCC2COCCO2)c2ccccc12. The molecule has 1 saturated heterocycles. The first-order chi connectivity index (χ1) is 9.34. The second kappa shape index (κ2) is 5.50. The molecule has 2 heterocycles. The van der Waals surface area contributed by atoms with Crippen LogP contribution in [0.5, 0.6) is 0 Å². The zero-order valence-corrected chi connectivity index (χ0v) is 10.9. The van der Waals surface area contributed by atoms with Crippen LogP contribution in [0.4, 0.5) is 5.82 Å². The van der Waals surface area contributed by atoms with Gasteiger partial charge in [-0.3, -0.25) is 0 Å². The van der Waals surface area contributed by atoms with E-state index in [1.807, 2.05) is 19.1 Å². The summed E-state index contributed by atoms with van der Waals surface area (Å²) in [7, 11) is 0. The van der Waals surface area contributed by atoms with Crippen LogP contribution >= 0.6 is 0 Å². The van der Waals surface area contributed by atoms with E-state index >= 15 is 0 Å². The monoisotopic (exact) mass is 259 g/mol. The van der Waals surface area contributed by atoms with Gasteiger partial charge in [-0.15, -0.1) is 5.10 Å². The highest BCUT2D eigenvalue weighted by Crippen LogP contribution is 2.22. The van der Waals surface area contributed by atoms with Crippen molar-refractivity contribution < 1.29 is 9.47 Å². The molecule has 1 N–H and O–H groups in total. The van der Waals surface area contributed by atoms with Gasteiger partial charge in [0.2, 0.25) is 0 Å². The summed E-state index contributed by atoms with van der Waals surface area (Å²) in [6, 6.07) is 8.13. The molecule has 1 aromatic heterocycles. The van der Waals surface area contributed by atoms with Gasteiger partial charge in [0, 0.05) is 17.3 Å². The topological polar surface area (TPSA) is 56.3 Å². The molecule has 2 aromatic rings. The number of rotatable bonds is 3. The van der Waals surface area contributed by atoms with Gasteiger partial charge in [0.05, 0.1) is 31.6 Å². The average molecular weight is 259 g/mol. The summed E-state index contributed by atoms with van der Waals surface area (Å²) in [6.07, 6.45) is 0.0793. The Bertz CT molecular complexity index is 568. The molecule has 5 nitrogen and oxygen atoms in total. The van der Waals surface area contributed by atoms with Crippen LogP contribution in [0.15, 0.2) is 24.3 Å². The fourth-order valence-electron chi connectivity index (χ4n) is 2.23. The zero-order valence-electron chi connectivity index (χ0n) is 10.9. The highest BCUT2D eigenvalue weighted by atomic mass is 16.6. The Hall–Kier alpha value is -1.72. The maximum atomic E-state index is 5.60. The van der Waals surface area contributed by atoms with Gasteiger partial charge in [-0.1, -0.05) is 24.3 Å². The lowest BCUT2D eigenvalue weighted by Crippen LogP contribution is -2.34. The third-order valence-corrected chi connectivity index (χ3v) is 3.25. The van der Waals surface area contributed by atoms with E-state index in [1.165, 1.54) is 0 Å². The van der Waals surface area contributed by atoms with E-state index in [2.05, 4.69) is 27.6 Å². The first-order valence-corrected chi connectivity index (χ1v) is 6.50. The minimum atomic E-state index is 0.0793. The van der Waals surface area contributed by atoms with E-state index < -0.39 is 0 Å². The van der Waals surface area contributed by atoms with E-state index in [0.717, 1.165) is 22.3 Å². The normalized spacial score (nSPS) is 19.5. The van der Waals surface area contributed by atoms with Crippen LogP contribution in [0.3, 0.4) is 0 Å². The van der Waals surface area contributed by atoms with Crippen molar-refractivity contribution in [1.82, 2.24) is 10.2 Å². The number of nitrogens with one attached hydrogen (secondary N) is 1. The number of hydrogen-bond acceptors (Lipinski definition) is 5. The van der Waals surface area contributed by atoms with Crippen LogP contribution in [0.25, 0.3) is 10.8 Å². The highest BCUT2D eigenvalue weighted by molar-refractivity contribution is 5.92. The molecule has 1 fully saturated rings. The van der Waals surface area contributed by atoms with Crippen molar-refractivity contribution in [2.75, 3.05) is 31.7 Å². The molecule has 0 spiro atoms. The highest BCUT2D eigenvalue weighted by Gasteiger charge is 2.15. The summed E-state index contributed by atoms with van der Waals surface area (Å²) in [5.41, 5.74) is 0.943. The molecule has 0 aliphatic carbocycles. The third-order valence-electron chi connectivity index (χ3n) is 3.25. The zero-order chi connectivity index (χ0) is 13.1. The Balaban J connectivity index is 1.79. The maximum Gasteiger partial charge on any atom is 0.156 e. The molecule has 0 radical (unpaired) electrons. The van der Waals surface area contributed by atoms with Gasteiger partial charge in [0.25, 0.3) is 0 Å². The molecular weight excluding hydrogens is 242 g/mol. The number of nitrogens with zero attached hydrogens (tertiary/aromatic N) is 2. The molecule has 0 saturated carbocycles. The first kappa shape index (κ1) is 12.3. The summed E-state index contributed by atoms with van der Waals surface area (Å²) >= 11 is 0. The molecule has 1 aliphatic rings. The number of aromatic nitrogens is 2. The quantitative estimate of drug-likeness (QED) is 0.910. The van der Waals surface area contributed by atoms with Crippen LogP contribution in [0.2, 0.25) is 0 Å². The average Bonchev–Trinajstić information content (AvgIpc) is 2.48. The largest absolute Gasteiger partial charge is 0.376 e. The van der Waals surface area contributed by atoms with Crippen molar-refractivity contribution in [2.24, 2.45) is 0 Å². The predicted molar refractivity (Wildman–Crippen MR) is 73.3 cm³/mol. The minimum absolute atomic E-state index is 0.0793. The molecule has 5 heteroatoms. The summed E-state index contributed by atoms with van der Waals surface area (Å²) in [5, 5.41) is 13.9. The number of aryl methyl sites for hydroxylation is 1. The van der Waals surface area contributed by atoms with Gasteiger partial charge in [0.1, 0.15) is 0 Å². The van der Waals surface area contributed by atoms with Gasteiger partial charge >= 0.3 is 0 Å². The lowest BCUT2D eigenvalue weighted by atomic mass is 10.1. The molecule has 3 rings (SSSR count). The molecule has 0 bridgehead atoms. The summed E-state index contributed by atoms with van der Waals surface area (Å²) in [4.78, 5) is 0. The number of fused-ring (bicyclic) bond motifs is 1. The standard InChI is InChI=1S/C14H17N3O2/c1-10-12-4-2-3-5-13(12)14(17-16-10)15-8-11-9-18-6-7-19-11/h2-5,11H,6-9H2,1H3,(H,15,17). The Morgan fingerprint density at radius 3 is 2.84 bits per heavy atom. The Kier molecular flexibility index (Phi) is 3.57. The Morgan fingerprint density at radius 2 is 2.05 bits per heavy atom. The van der Waals surface area contributed by atoms with Gasteiger partial charge in [-0.25, -0.2) is 0 Å². The van der Waals surface area contributed by atoms with E-state index in [4.69, 9.17) is 9.47 Å². The van der Waals surface area contributed by atoms with Crippen LogP contribution in [0, 0.1) is 6.92 Å². The van der Waals surface area contributed by atoms with Crippen molar-refractivity contribution in [3.63, 3.8) is 0 Å². The van der Waals surface area contributed by atoms with Crippen LogP contribution in [-0.4, -0.2) is 42.7 Å². The van der Waals surface area contributed by atoms with E-state index in [1.54, 1.807) is 0 Å². The predicted octanol–water partition coefficient (Wildman–Crippen LogP) is 1.77. The molecule has 1 aromatic carbocycles. The van der Waals surface area contributed by atoms with E-state index in [9.17, 15) is 0 Å². The number of hydrogen-bond donors (Lipinski definition) is 1. The summed E-state index contributed by atoms with van der Waals surface area (Å²) in [5.74, 6) is 0.801. The van der Waals surface area contributed by atoms with Crippen molar-refractivity contribution in [2.45, 2.75) is 13.0 Å². The molecule has 1 aliphatic heterocycles. The molecular formula is C14H17N3O2. The van der Waals surface area contributed by atoms with Gasteiger partial charge in [0.15, 0.2) is 5.82 Å². The maximum absolute atomic E-state index is 5.60. The lowest BCUT2D eigenvalue weighted by molar-refractivity contribution is -0.0819. The van der Waals surface area contributed by atoms with Gasteiger partial charge < -0.3 is 14.8 Å². The van der Waals surface area contributed by atoms with Crippen LogP contribution in [0.1, 0.15) is 5.69 Å². The third kappa shape index (κ3) is 2.67. The molecule has 1 unspecified atom stereocenters. The second-order valence-corrected chi connectivity index (χ2v) is 4.63. The smallest absolute Gasteiger partial charge is 0.156 e. The van der Waals surface area contributed by atoms with Gasteiger partial charge in [-0.05, 0) is 6.92 Å². The van der Waals surface area contributed by atoms with Gasteiger partial charge in [-0.2, -0.15) is 5.10 Å². The second-order valence-electron chi connectivity index (χ2n) is 4.63. The number of benzene rings is 1. The molecule has 19 heavy (non-hydrogen) atoms. The van der Waals surface area contributed by atoms with Crippen LogP contribution < -0.4 is 5.32 Å². The lowest BCUT2D eigenvalue weighted by Gasteiger charge is -2.23. The minimum Gasteiger partial charge on any atom is -0.376 e. The van der Waals surface area contributed by atoms with Crippen molar-refractivity contribution in [1.29, 1.82) is 0 Å². The van der Waals surface area contributed by atoms with Crippen molar-refractivity contribution in [3.8, 4) is 0 Å². The summed E-state index contributed by atoms with van der Waals surface area (Å²) < 4.78 is 11.0.